The molecule has 4 atom stereocenters. The topological polar surface area (TPSA) is 72.9 Å². The number of amides is 2. The Hall–Kier alpha value is -2.63. The van der Waals surface area contributed by atoms with Crippen LogP contribution in [-0.4, -0.2) is 41.1 Å². The van der Waals surface area contributed by atoms with E-state index in [0.717, 1.165) is 5.56 Å². The van der Waals surface area contributed by atoms with Gasteiger partial charge in [0.1, 0.15) is 12.2 Å². The molecular formula is C23H29NO5. The van der Waals surface area contributed by atoms with Gasteiger partial charge in [0.05, 0.1) is 12.0 Å². The summed E-state index contributed by atoms with van der Waals surface area (Å²) in [6.07, 6.45) is 2.65. The minimum atomic E-state index is -0.598. The van der Waals surface area contributed by atoms with Gasteiger partial charge in [-0.2, -0.15) is 0 Å². The minimum absolute atomic E-state index is 0.138. The molecule has 29 heavy (non-hydrogen) atoms. The van der Waals surface area contributed by atoms with Crippen molar-refractivity contribution in [1.29, 1.82) is 0 Å². The molecule has 0 spiro atoms. The van der Waals surface area contributed by atoms with Gasteiger partial charge in [-0.3, -0.25) is 9.59 Å². The highest BCUT2D eigenvalue weighted by Crippen LogP contribution is 2.48. The molecule has 1 aliphatic carbocycles. The smallest absolute Gasteiger partial charge is 0.416 e. The molecule has 1 unspecified atom stereocenters. The van der Waals surface area contributed by atoms with Crippen LogP contribution in [0.2, 0.25) is 0 Å². The number of rotatable bonds is 7. The summed E-state index contributed by atoms with van der Waals surface area (Å²) in [4.78, 5) is 39.2. The standard InChI is InChI=1S/C23H29NO5/c1-5-9-17(21(26)29-23(2,3)4)18-13-19(18)20(25)24-16(14-28-22(24)27)12-15-10-7-6-8-11-15/h5-8,10-11,16-19H,1,9,12-14H2,2-4H3/t16-,17+,18-,19?/m1/s1. The molecule has 0 aromatic heterocycles. The third-order valence-electron chi connectivity index (χ3n) is 5.32. The quantitative estimate of drug-likeness (QED) is 0.516. The molecule has 2 aliphatic rings. The number of benzene rings is 1. The zero-order valence-electron chi connectivity index (χ0n) is 17.3. The van der Waals surface area contributed by atoms with Gasteiger partial charge in [0.25, 0.3) is 0 Å². The van der Waals surface area contributed by atoms with Crippen molar-refractivity contribution in [2.24, 2.45) is 17.8 Å². The van der Waals surface area contributed by atoms with E-state index in [2.05, 4.69) is 6.58 Å². The highest BCUT2D eigenvalue weighted by atomic mass is 16.6. The summed E-state index contributed by atoms with van der Waals surface area (Å²) in [7, 11) is 0. The molecular weight excluding hydrogens is 370 g/mol. The van der Waals surface area contributed by atoms with Crippen LogP contribution in [0.25, 0.3) is 0 Å². The van der Waals surface area contributed by atoms with E-state index in [0.29, 0.717) is 19.3 Å². The molecule has 1 aromatic carbocycles. The number of hydrogen-bond donors (Lipinski definition) is 0. The normalized spacial score (nSPS) is 24.6. The van der Waals surface area contributed by atoms with E-state index in [1.54, 1.807) is 6.08 Å². The summed E-state index contributed by atoms with van der Waals surface area (Å²) in [5.74, 6) is -1.50. The molecule has 2 fully saturated rings. The second-order valence-corrected chi connectivity index (χ2v) is 8.80. The maximum absolute atomic E-state index is 13.1. The van der Waals surface area contributed by atoms with E-state index in [4.69, 9.17) is 9.47 Å². The second kappa shape index (κ2) is 8.39. The predicted molar refractivity (Wildman–Crippen MR) is 108 cm³/mol. The fraction of sp³-hybridized carbons (Fsp3) is 0.522. The number of esters is 1. The lowest BCUT2D eigenvalue weighted by molar-refractivity contribution is -0.160. The number of carbonyl (C=O) groups excluding carboxylic acids is 3. The van der Waals surface area contributed by atoms with E-state index >= 15 is 0 Å². The van der Waals surface area contributed by atoms with E-state index < -0.39 is 17.6 Å². The van der Waals surface area contributed by atoms with Crippen LogP contribution in [0.3, 0.4) is 0 Å². The first-order valence-corrected chi connectivity index (χ1v) is 10.1. The van der Waals surface area contributed by atoms with Crippen LogP contribution in [0.4, 0.5) is 4.79 Å². The van der Waals surface area contributed by atoms with Crippen LogP contribution >= 0.6 is 0 Å². The van der Waals surface area contributed by atoms with Crippen molar-refractivity contribution in [2.75, 3.05) is 6.61 Å². The molecule has 6 nitrogen and oxygen atoms in total. The Morgan fingerprint density at radius 3 is 2.62 bits per heavy atom. The summed E-state index contributed by atoms with van der Waals surface area (Å²) < 4.78 is 10.7. The van der Waals surface area contributed by atoms with Crippen molar-refractivity contribution in [2.45, 2.75) is 51.7 Å². The van der Waals surface area contributed by atoms with E-state index in [9.17, 15) is 14.4 Å². The number of allylic oxidation sites excluding steroid dienone is 1. The summed E-state index contributed by atoms with van der Waals surface area (Å²) in [6.45, 7) is 9.38. The first-order chi connectivity index (χ1) is 13.7. The van der Waals surface area contributed by atoms with Crippen LogP contribution in [0.1, 0.15) is 39.2 Å². The second-order valence-electron chi connectivity index (χ2n) is 8.80. The zero-order chi connectivity index (χ0) is 21.2. The lowest BCUT2D eigenvalue weighted by Gasteiger charge is -2.24. The highest BCUT2D eigenvalue weighted by Gasteiger charge is 2.54. The van der Waals surface area contributed by atoms with E-state index in [1.165, 1.54) is 4.90 Å². The first-order valence-electron chi connectivity index (χ1n) is 10.1. The Bertz CT molecular complexity index is 782. The van der Waals surface area contributed by atoms with Gasteiger partial charge in [0, 0.05) is 5.92 Å². The molecule has 1 aromatic rings. The molecule has 6 heteroatoms. The Morgan fingerprint density at radius 1 is 1.31 bits per heavy atom. The maximum atomic E-state index is 13.1. The van der Waals surface area contributed by atoms with Crippen LogP contribution in [0.15, 0.2) is 43.0 Å². The monoisotopic (exact) mass is 399 g/mol. The van der Waals surface area contributed by atoms with Crippen molar-refractivity contribution >= 4 is 18.0 Å². The number of ether oxygens (including phenoxy) is 2. The van der Waals surface area contributed by atoms with Gasteiger partial charge in [0.2, 0.25) is 5.91 Å². The van der Waals surface area contributed by atoms with Crippen LogP contribution in [0.5, 0.6) is 0 Å². The highest BCUT2D eigenvalue weighted by molar-refractivity contribution is 5.96. The van der Waals surface area contributed by atoms with Gasteiger partial charge >= 0.3 is 12.1 Å². The van der Waals surface area contributed by atoms with Gasteiger partial charge in [-0.25, -0.2) is 9.69 Å². The SMILES string of the molecule is C=CC[C@H](C(=O)OC(C)(C)C)[C@H]1CC1C(=O)N1C(=O)OC[C@H]1Cc1ccccc1. The average Bonchev–Trinajstić information content (AvgIpc) is 3.36. The van der Waals surface area contributed by atoms with Gasteiger partial charge in [-0.1, -0.05) is 36.4 Å². The van der Waals surface area contributed by atoms with Gasteiger partial charge in [-0.15, -0.1) is 6.58 Å². The van der Waals surface area contributed by atoms with Crippen LogP contribution in [-0.2, 0) is 25.5 Å². The van der Waals surface area contributed by atoms with Crippen molar-refractivity contribution in [3.63, 3.8) is 0 Å². The minimum Gasteiger partial charge on any atom is -0.460 e. The summed E-state index contributed by atoms with van der Waals surface area (Å²) in [5, 5.41) is 0. The van der Waals surface area contributed by atoms with Crippen molar-refractivity contribution < 1.29 is 23.9 Å². The molecule has 1 aliphatic heterocycles. The predicted octanol–water partition coefficient (Wildman–Crippen LogP) is 3.75. The van der Waals surface area contributed by atoms with Crippen molar-refractivity contribution in [1.82, 2.24) is 4.90 Å². The Labute approximate surface area is 171 Å². The third-order valence-corrected chi connectivity index (χ3v) is 5.32. The lowest BCUT2D eigenvalue weighted by Crippen LogP contribution is -2.41. The van der Waals surface area contributed by atoms with Gasteiger partial charge in [0.15, 0.2) is 0 Å². The third kappa shape index (κ3) is 5.05. The van der Waals surface area contributed by atoms with E-state index in [1.807, 2.05) is 51.1 Å². The fourth-order valence-electron chi connectivity index (χ4n) is 3.89. The van der Waals surface area contributed by atoms with E-state index in [-0.39, 0.29) is 36.4 Å². The molecule has 0 N–H and O–H groups in total. The number of nitrogens with zero attached hydrogens (tertiary/aromatic N) is 1. The van der Waals surface area contributed by atoms with Crippen LogP contribution < -0.4 is 0 Å². The molecule has 3 rings (SSSR count). The first kappa shape index (κ1) is 21.1. The number of imide groups is 1. The lowest BCUT2D eigenvalue weighted by atomic mass is 9.97. The van der Waals surface area contributed by atoms with Crippen molar-refractivity contribution in [3.05, 3.63) is 48.6 Å². The Balaban J connectivity index is 1.68. The number of cyclic esters (lactones) is 1. The van der Waals surface area contributed by atoms with Crippen LogP contribution in [0, 0.1) is 17.8 Å². The van der Waals surface area contributed by atoms with Gasteiger partial charge < -0.3 is 9.47 Å². The Morgan fingerprint density at radius 2 is 2.00 bits per heavy atom. The zero-order valence-corrected chi connectivity index (χ0v) is 17.3. The fourth-order valence-corrected chi connectivity index (χ4v) is 3.89. The summed E-state index contributed by atoms with van der Waals surface area (Å²) in [6, 6.07) is 9.39. The molecule has 1 saturated carbocycles. The number of carbonyl (C=O) groups is 3. The molecule has 156 valence electrons. The summed E-state index contributed by atoms with van der Waals surface area (Å²) in [5.41, 5.74) is 0.448. The largest absolute Gasteiger partial charge is 0.460 e. The number of hydrogen-bond acceptors (Lipinski definition) is 5. The van der Waals surface area contributed by atoms with Crippen molar-refractivity contribution in [3.8, 4) is 0 Å². The molecule has 2 amide bonds. The Kier molecular flexibility index (Phi) is 6.10. The molecule has 1 saturated heterocycles. The van der Waals surface area contributed by atoms with Gasteiger partial charge in [-0.05, 0) is 51.5 Å². The maximum Gasteiger partial charge on any atom is 0.416 e. The molecule has 0 bridgehead atoms. The summed E-state index contributed by atoms with van der Waals surface area (Å²) >= 11 is 0. The molecule has 0 radical (unpaired) electrons. The average molecular weight is 399 g/mol. The molecule has 1 heterocycles.